The molecule has 0 aliphatic carbocycles. The van der Waals surface area contributed by atoms with E-state index in [0.29, 0.717) is 11.8 Å². The van der Waals surface area contributed by atoms with Gasteiger partial charge in [-0.05, 0) is 25.5 Å². The molecule has 0 amide bonds. The first-order chi connectivity index (χ1) is 9.88. The molecular weight excluding hydrogens is 254 g/mol. The van der Waals surface area contributed by atoms with E-state index in [9.17, 15) is 0 Å². The van der Waals surface area contributed by atoms with E-state index in [1.165, 1.54) is 0 Å². The molecule has 20 heavy (non-hydrogen) atoms. The van der Waals surface area contributed by atoms with Gasteiger partial charge in [-0.2, -0.15) is 0 Å². The van der Waals surface area contributed by atoms with Gasteiger partial charge in [0.15, 0.2) is 0 Å². The molecule has 5 heteroatoms. The predicted molar refractivity (Wildman–Crippen MR) is 74.4 cm³/mol. The lowest BCUT2D eigenvalue weighted by atomic mass is 10.0. The predicted octanol–water partition coefficient (Wildman–Crippen LogP) is 2.27. The van der Waals surface area contributed by atoms with Crippen LogP contribution in [0, 0.1) is 0 Å². The Morgan fingerprint density at radius 1 is 1.15 bits per heavy atom. The first-order valence-corrected chi connectivity index (χ1v) is 7.01. The van der Waals surface area contributed by atoms with E-state index in [0.717, 1.165) is 37.5 Å². The Kier molecular flexibility index (Phi) is 4.08. The molecule has 1 saturated heterocycles. The second-order valence-electron chi connectivity index (χ2n) is 5.00. The summed E-state index contributed by atoms with van der Waals surface area (Å²) in [6.45, 7) is 1.55. The van der Waals surface area contributed by atoms with Crippen molar-refractivity contribution in [1.29, 1.82) is 0 Å². The normalized spacial score (nSPS) is 18.1. The van der Waals surface area contributed by atoms with Crippen molar-refractivity contribution in [1.82, 2.24) is 15.5 Å². The van der Waals surface area contributed by atoms with E-state index in [4.69, 9.17) is 9.15 Å². The van der Waals surface area contributed by atoms with E-state index >= 15 is 0 Å². The summed E-state index contributed by atoms with van der Waals surface area (Å²) in [5.41, 5.74) is 1.12. The lowest BCUT2D eigenvalue weighted by molar-refractivity contribution is 0.0790. The summed E-state index contributed by atoms with van der Waals surface area (Å²) in [4.78, 5) is 0. The van der Waals surface area contributed by atoms with Gasteiger partial charge in [0.05, 0.1) is 0 Å². The molecule has 0 spiro atoms. The summed E-state index contributed by atoms with van der Waals surface area (Å²) in [5.74, 6) is 1.69. The number of rotatable bonds is 4. The number of benzene rings is 1. The van der Waals surface area contributed by atoms with Gasteiger partial charge < -0.3 is 14.5 Å². The van der Waals surface area contributed by atoms with Crippen LogP contribution >= 0.6 is 0 Å². The minimum atomic E-state index is -0.0581. The van der Waals surface area contributed by atoms with Gasteiger partial charge in [0.2, 0.25) is 11.8 Å². The van der Waals surface area contributed by atoms with Gasteiger partial charge >= 0.3 is 0 Å². The number of aromatic nitrogens is 2. The molecule has 1 unspecified atom stereocenters. The zero-order chi connectivity index (χ0) is 13.8. The largest absolute Gasteiger partial charge is 0.423 e. The molecule has 106 valence electrons. The molecule has 0 saturated carbocycles. The molecule has 1 aliphatic rings. The van der Waals surface area contributed by atoms with Gasteiger partial charge in [-0.1, -0.05) is 30.3 Å². The maximum Gasteiger partial charge on any atom is 0.237 e. The first-order valence-electron chi connectivity index (χ1n) is 7.01. The molecule has 1 N–H and O–H groups in total. The SMILES string of the molecule is CNC(c1ccccc1)c1nnc(C2CCOCC2)o1. The fraction of sp³-hybridized carbons (Fsp3) is 0.467. The van der Waals surface area contributed by atoms with Crippen molar-refractivity contribution in [3.8, 4) is 0 Å². The van der Waals surface area contributed by atoms with Crippen LogP contribution in [-0.4, -0.2) is 30.5 Å². The van der Waals surface area contributed by atoms with Crippen LogP contribution < -0.4 is 5.32 Å². The number of nitrogens with one attached hydrogen (secondary N) is 1. The monoisotopic (exact) mass is 273 g/mol. The lowest BCUT2D eigenvalue weighted by Crippen LogP contribution is -2.18. The summed E-state index contributed by atoms with van der Waals surface area (Å²) in [6, 6.07) is 10.1. The van der Waals surface area contributed by atoms with Crippen molar-refractivity contribution in [3.63, 3.8) is 0 Å². The maximum atomic E-state index is 5.89. The molecule has 2 heterocycles. The van der Waals surface area contributed by atoms with Crippen LogP contribution in [0.2, 0.25) is 0 Å². The Balaban J connectivity index is 1.81. The average molecular weight is 273 g/mol. The first kappa shape index (κ1) is 13.3. The summed E-state index contributed by atoms with van der Waals surface area (Å²) in [6.07, 6.45) is 1.91. The summed E-state index contributed by atoms with van der Waals surface area (Å²) in [7, 11) is 1.90. The minimum Gasteiger partial charge on any atom is -0.423 e. The van der Waals surface area contributed by atoms with Crippen LogP contribution in [0.25, 0.3) is 0 Å². The van der Waals surface area contributed by atoms with Crippen LogP contribution in [0.3, 0.4) is 0 Å². The van der Waals surface area contributed by atoms with Crippen LogP contribution in [0.1, 0.15) is 42.1 Å². The van der Waals surface area contributed by atoms with Crippen LogP contribution in [0.5, 0.6) is 0 Å². The highest BCUT2D eigenvalue weighted by atomic mass is 16.5. The van der Waals surface area contributed by atoms with Gasteiger partial charge in [0.1, 0.15) is 6.04 Å². The van der Waals surface area contributed by atoms with Crippen LogP contribution in [0.15, 0.2) is 34.7 Å². The van der Waals surface area contributed by atoms with Crippen molar-refractivity contribution < 1.29 is 9.15 Å². The third-order valence-corrected chi connectivity index (χ3v) is 3.70. The second-order valence-corrected chi connectivity index (χ2v) is 5.00. The van der Waals surface area contributed by atoms with Crippen molar-refractivity contribution in [3.05, 3.63) is 47.7 Å². The Morgan fingerprint density at radius 3 is 2.60 bits per heavy atom. The van der Waals surface area contributed by atoms with E-state index < -0.39 is 0 Å². The fourth-order valence-corrected chi connectivity index (χ4v) is 2.55. The molecule has 1 aliphatic heterocycles. The highest BCUT2D eigenvalue weighted by Crippen LogP contribution is 2.28. The Bertz CT molecular complexity index is 535. The second kappa shape index (κ2) is 6.15. The Labute approximate surface area is 118 Å². The lowest BCUT2D eigenvalue weighted by Gasteiger charge is -2.18. The minimum absolute atomic E-state index is 0.0581. The number of nitrogens with zero attached hydrogens (tertiary/aromatic N) is 2. The molecule has 1 aromatic heterocycles. The number of ether oxygens (including phenoxy) is 1. The maximum absolute atomic E-state index is 5.89. The Hall–Kier alpha value is -1.72. The van der Waals surface area contributed by atoms with Crippen molar-refractivity contribution in [2.24, 2.45) is 0 Å². The van der Waals surface area contributed by atoms with Crippen molar-refractivity contribution in [2.75, 3.05) is 20.3 Å². The molecule has 1 aromatic carbocycles. The summed E-state index contributed by atoms with van der Waals surface area (Å²) >= 11 is 0. The van der Waals surface area contributed by atoms with Crippen LogP contribution in [0.4, 0.5) is 0 Å². The topological polar surface area (TPSA) is 60.2 Å². The van der Waals surface area contributed by atoms with E-state index in [1.54, 1.807) is 0 Å². The van der Waals surface area contributed by atoms with E-state index in [-0.39, 0.29) is 6.04 Å². The van der Waals surface area contributed by atoms with Gasteiger partial charge in [-0.25, -0.2) is 0 Å². The average Bonchev–Trinajstić information content (AvgIpc) is 3.00. The molecule has 0 bridgehead atoms. The fourth-order valence-electron chi connectivity index (χ4n) is 2.55. The van der Waals surface area contributed by atoms with Crippen molar-refractivity contribution in [2.45, 2.75) is 24.8 Å². The smallest absolute Gasteiger partial charge is 0.237 e. The van der Waals surface area contributed by atoms with Gasteiger partial charge in [0, 0.05) is 19.1 Å². The zero-order valence-corrected chi connectivity index (χ0v) is 11.6. The van der Waals surface area contributed by atoms with Gasteiger partial charge in [-0.3, -0.25) is 0 Å². The number of hydrogen-bond donors (Lipinski definition) is 1. The molecule has 3 rings (SSSR count). The molecule has 0 radical (unpaired) electrons. The van der Waals surface area contributed by atoms with Crippen molar-refractivity contribution >= 4 is 0 Å². The highest BCUT2D eigenvalue weighted by Gasteiger charge is 2.24. The summed E-state index contributed by atoms with van der Waals surface area (Å²) in [5, 5.41) is 11.7. The number of hydrogen-bond acceptors (Lipinski definition) is 5. The van der Waals surface area contributed by atoms with Gasteiger partial charge in [0.25, 0.3) is 0 Å². The molecular formula is C15H19N3O2. The van der Waals surface area contributed by atoms with E-state index in [1.807, 2.05) is 25.2 Å². The summed E-state index contributed by atoms with van der Waals surface area (Å²) < 4.78 is 11.3. The highest BCUT2D eigenvalue weighted by molar-refractivity contribution is 5.23. The third-order valence-electron chi connectivity index (χ3n) is 3.70. The van der Waals surface area contributed by atoms with Crippen LogP contribution in [-0.2, 0) is 4.74 Å². The zero-order valence-electron chi connectivity index (χ0n) is 11.6. The van der Waals surface area contributed by atoms with Gasteiger partial charge in [-0.15, -0.1) is 10.2 Å². The molecule has 1 atom stereocenters. The quantitative estimate of drug-likeness (QED) is 0.926. The molecule has 5 nitrogen and oxygen atoms in total. The van der Waals surface area contributed by atoms with E-state index in [2.05, 4.69) is 27.6 Å². The molecule has 2 aromatic rings. The standard InChI is InChI=1S/C15H19N3O2/c1-16-13(11-5-3-2-4-6-11)15-18-17-14(20-15)12-7-9-19-10-8-12/h2-6,12-13,16H,7-10H2,1H3. The Morgan fingerprint density at radius 2 is 1.90 bits per heavy atom. The third kappa shape index (κ3) is 2.73. The molecule has 1 fully saturated rings.